The minimum Gasteiger partial charge on any atom is -0.462 e. The van der Waals surface area contributed by atoms with Crippen molar-refractivity contribution in [1.29, 1.82) is 0 Å². The normalized spacial score (nSPS) is 39.6. The molecule has 0 amide bonds. The first kappa shape index (κ1) is 26.1. The molecule has 0 aromatic carbocycles. The number of fused-ring (bicyclic) bond motifs is 2. The second-order valence-corrected chi connectivity index (χ2v) is 10.1. The largest absolute Gasteiger partial charge is 0.462 e. The van der Waals surface area contributed by atoms with E-state index in [2.05, 4.69) is 0 Å². The molecule has 0 spiro atoms. The van der Waals surface area contributed by atoms with Crippen molar-refractivity contribution in [2.75, 3.05) is 0 Å². The summed E-state index contributed by atoms with van der Waals surface area (Å²) in [4.78, 5) is 51.4. The molecule has 0 aromatic rings. The van der Waals surface area contributed by atoms with E-state index in [1.807, 2.05) is 19.9 Å². The van der Waals surface area contributed by atoms with Crippen LogP contribution in [0, 0.1) is 17.3 Å². The van der Waals surface area contributed by atoms with Gasteiger partial charge in [0.25, 0.3) is 0 Å². The fraction of sp³-hybridized carbons (Fsp3) is 0.692. The van der Waals surface area contributed by atoms with Crippen LogP contribution in [-0.2, 0) is 33.4 Å². The molecule has 0 bridgehead atoms. The third-order valence-electron chi connectivity index (χ3n) is 7.74. The van der Waals surface area contributed by atoms with Crippen LogP contribution in [0.4, 0.5) is 0 Å². The Kier molecular flexibility index (Phi) is 7.41. The van der Waals surface area contributed by atoms with E-state index in [0.29, 0.717) is 31.3 Å². The molecule has 0 aromatic heterocycles. The molecular weight excluding hydrogens is 440 g/mol. The van der Waals surface area contributed by atoms with Gasteiger partial charge in [-0.1, -0.05) is 31.1 Å². The zero-order valence-electron chi connectivity index (χ0n) is 20.9. The van der Waals surface area contributed by atoms with Crippen LogP contribution < -0.4 is 0 Å². The summed E-state index contributed by atoms with van der Waals surface area (Å²) in [6.07, 6.45) is 2.84. The lowest BCUT2D eigenvalue weighted by molar-refractivity contribution is -0.187. The lowest BCUT2D eigenvalue weighted by Crippen LogP contribution is -2.62. The van der Waals surface area contributed by atoms with Crippen LogP contribution in [-0.4, -0.2) is 52.7 Å². The number of carbonyl (C=O) groups is 4. The van der Waals surface area contributed by atoms with Crippen LogP contribution in [0.25, 0.3) is 0 Å². The number of esters is 3. The molecule has 1 heterocycles. The van der Waals surface area contributed by atoms with Gasteiger partial charge >= 0.3 is 17.9 Å². The molecule has 34 heavy (non-hydrogen) atoms. The zero-order chi connectivity index (χ0) is 25.4. The van der Waals surface area contributed by atoms with Gasteiger partial charge in [-0.05, 0) is 46.1 Å². The molecule has 3 aliphatic rings. The Hall–Kier alpha value is -2.48. The van der Waals surface area contributed by atoms with Crippen molar-refractivity contribution in [3.63, 3.8) is 0 Å². The molecule has 1 fully saturated rings. The maximum Gasteiger partial charge on any atom is 0.312 e. The van der Waals surface area contributed by atoms with Gasteiger partial charge in [-0.15, -0.1) is 0 Å². The molecule has 1 aliphatic heterocycles. The minimum atomic E-state index is -2.10. The Balaban J connectivity index is 2.23. The highest BCUT2D eigenvalue weighted by Gasteiger charge is 2.65. The van der Waals surface area contributed by atoms with E-state index < -0.39 is 64.9 Å². The van der Waals surface area contributed by atoms with Crippen LogP contribution in [0.5, 0.6) is 0 Å². The quantitative estimate of drug-likeness (QED) is 0.374. The number of allylic oxidation sites excluding steroid dienone is 2. The van der Waals surface area contributed by atoms with Crippen LogP contribution in [0.1, 0.15) is 73.6 Å². The molecule has 0 radical (unpaired) electrons. The van der Waals surface area contributed by atoms with Crippen molar-refractivity contribution in [1.82, 2.24) is 0 Å². The summed E-state index contributed by atoms with van der Waals surface area (Å²) < 4.78 is 17.1. The van der Waals surface area contributed by atoms with Gasteiger partial charge in [-0.2, -0.15) is 0 Å². The highest BCUT2D eigenvalue weighted by Crippen LogP contribution is 2.52. The summed E-state index contributed by atoms with van der Waals surface area (Å²) in [7, 11) is 0. The second-order valence-electron chi connectivity index (χ2n) is 10.1. The molecule has 8 nitrogen and oxygen atoms in total. The van der Waals surface area contributed by atoms with E-state index in [1.54, 1.807) is 19.9 Å². The second kappa shape index (κ2) is 9.64. The van der Waals surface area contributed by atoms with E-state index in [-0.39, 0.29) is 6.42 Å². The first-order chi connectivity index (χ1) is 15.9. The van der Waals surface area contributed by atoms with Gasteiger partial charge < -0.3 is 19.3 Å². The Bertz CT molecular complexity index is 933. The fourth-order valence-corrected chi connectivity index (χ4v) is 5.71. The summed E-state index contributed by atoms with van der Waals surface area (Å²) in [6.45, 7) is 10.0. The van der Waals surface area contributed by atoms with Gasteiger partial charge in [0.1, 0.15) is 12.2 Å². The molecule has 1 saturated heterocycles. The smallest absolute Gasteiger partial charge is 0.312 e. The number of hydrogen-bond acceptors (Lipinski definition) is 8. The predicted molar refractivity (Wildman–Crippen MR) is 122 cm³/mol. The standard InChI is InChI=1S/C26H36O8/c1-7-8-21(28)33-19-11-9-14(2)13-20-26(31,16(4)24(30)34-20)23(29)22-15(3)10-12-18(25(19,22)6)32-17(5)27/h10,13,16,18-20,22,31H,7-9,11-12H2,1-6H3/b14-13-/t16-,18-,19-,20-,22+,25+,26-/m0/s1. The number of ketones is 1. The Morgan fingerprint density at radius 1 is 1.21 bits per heavy atom. The summed E-state index contributed by atoms with van der Waals surface area (Å²) in [5.41, 5.74) is -1.79. The lowest BCUT2D eigenvalue weighted by atomic mass is 9.57. The Labute approximate surface area is 200 Å². The summed E-state index contributed by atoms with van der Waals surface area (Å²) in [5.74, 6) is -4.18. The number of aliphatic hydroxyl groups is 1. The molecule has 188 valence electrons. The molecule has 0 unspecified atom stereocenters. The first-order valence-electron chi connectivity index (χ1n) is 12.0. The Morgan fingerprint density at radius 2 is 1.88 bits per heavy atom. The molecule has 8 heteroatoms. The van der Waals surface area contributed by atoms with Gasteiger partial charge in [0.05, 0.1) is 17.3 Å². The highest BCUT2D eigenvalue weighted by atomic mass is 16.6. The van der Waals surface area contributed by atoms with Gasteiger partial charge in [-0.25, -0.2) is 0 Å². The monoisotopic (exact) mass is 476 g/mol. The average molecular weight is 477 g/mol. The van der Waals surface area contributed by atoms with Gasteiger partial charge in [0.15, 0.2) is 17.5 Å². The third kappa shape index (κ3) is 4.32. The van der Waals surface area contributed by atoms with Gasteiger partial charge in [-0.3, -0.25) is 19.2 Å². The van der Waals surface area contributed by atoms with E-state index in [9.17, 15) is 24.3 Å². The highest BCUT2D eigenvalue weighted by molar-refractivity contribution is 5.99. The topological polar surface area (TPSA) is 116 Å². The SMILES string of the molecule is CCCC(=O)O[C@H]1CC/C(C)=C\[C@@H]2OC(=O)[C@H](C)[C@@]2(O)C(=O)[C@H]2C(C)=CC[C@H](OC(C)=O)[C@@]21C. The minimum absolute atomic E-state index is 0.221. The Morgan fingerprint density at radius 3 is 2.50 bits per heavy atom. The number of rotatable bonds is 4. The summed E-state index contributed by atoms with van der Waals surface area (Å²) in [5, 5.41) is 11.8. The van der Waals surface area contributed by atoms with Crippen LogP contribution in [0.3, 0.4) is 0 Å². The first-order valence-corrected chi connectivity index (χ1v) is 12.0. The molecule has 3 rings (SSSR count). The number of Topliss-reactive ketones (excluding diaryl/α,β-unsaturated/α-hetero) is 1. The summed E-state index contributed by atoms with van der Waals surface area (Å²) >= 11 is 0. The molecule has 0 saturated carbocycles. The van der Waals surface area contributed by atoms with E-state index >= 15 is 0 Å². The van der Waals surface area contributed by atoms with E-state index in [4.69, 9.17) is 14.2 Å². The van der Waals surface area contributed by atoms with Crippen molar-refractivity contribution < 1.29 is 38.5 Å². The third-order valence-corrected chi connectivity index (χ3v) is 7.74. The lowest BCUT2D eigenvalue weighted by Gasteiger charge is -2.51. The van der Waals surface area contributed by atoms with Crippen LogP contribution in [0.2, 0.25) is 0 Å². The predicted octanol–water partition coefficient (Wildman–Crippen LogP) is 3.20. The van der Waals surface area contributed by atoms with Crippen molar-refractivity contribution in [2.45, 2.75) is 97.6 Å². The van der Waals surface area contributed by atoms with Gasteiger partial charge in [0, 0.05) is 19.8 Å². The van der Waals surface area contributed by atoms with Crippen molar-refractivity contribution in [3.05, 3.63) is 23.3 Å². The molecule has 1 N–H and O–H groups in total. The van der Waals surface area contributed by atoms with Crippen LogP contribution in [0.15, 0.2) is 23.3 Å². The molecular formula is C26H36O8. The number of ether oxygens (including phenoxy) is 3. The average Bonchev–Trinajstić information content (AvgIpc) is 2.96. The van der Waals surface area contributed by atoms with Crippen molar-refractivity contribution in [2.24, 2.45) is 17.3 Å². The maximum absolute atomic E-state index is 14.2. The van der Waals surface area contributed by atoms with Crippen molar-refractivity contribution >= 4 is 23.7 Å². The van der Waals surface area contributed by atoms with Gasteiger partial charge in [0.2, 0.25) is 0 Å². The fourth-order valence-electron chi connectivity index (χ4n) is 5.71. The van der Waals surface area contributed by atoms with Crippen LogP contribution >= 0.6 is 0 Å². The summed E-state index contributed by atoms with van der Waals surface area (Å²) in [6, 6.07) is 0. The van der Waals surface area contributed by atoms with E-state index in [0.717, 1.165) is 5.57 Å². The zero-order valence-corrected chi connectivity index (χ0v) is 20.9. The van der Waals surface area contributed by atoms with Crippen molar-refractivity contribution in [3.8, 4) is 0 Å². The molecule has 7 atom stereocenters. The molecule has 2 aliphatic carbocycles. The number of carbonyl (C=O) groups excluding carboxylic acids is 4. The van der Waals surface area contributed by atoms with E-state index in [1.165, 1.54) is 13.8 Å². The number of hydrogen-bond donors (Lipinski definition) is 1. The maximum atomic E-state index is 14.2.